The highest BCUT2D eigenvalue weighted by atomic mass is 31.2. The molecule has 0 saturated carbocycles. The summed E-state index contributed by atoms with van der Waals surface area (Å²) in [7, 11) is 7.83. The Morgan fingerprint density at radius 3 is 1.70 bits per heavy atom. The summed E-state index contributed by atoms with van der Waals surface area (Å²) in [5.74, 6) is 0.868. The molecule has 222 valence electrons. The largest absolute Gasteiger partial charge is 0.415 e. The summed E-state index contributed by atoms with van der Waals surface area (Å²) < 4.78 is 0. The molecule has 0 atom stereocenters. The first-order valence-electron chi connectivity index (χ1n) is 16.5. The van der Waals surface area contributed by atoms with Crippen molar-refractivity contribution in [1.82, 2.24) is 0 Å². The number of para-hydroxylation sites is 1. The van der Waals surface area contributed by atoms with Crippen LogP contribution in [0.1, 0.15) is 102 Å². The highest BCUT2D eigenvalue weighted by Crippen LogP contribution is 2.51. The van der Waals surface area contributed by atoms with E-state index in [0.29, 0.717) is 11.8 Å². The van der Waals surface area contributed by atoms with Gasteiger partial charge in [0.2, 0.25) is 7.41 Å². The number of unbranched alkanes of at least 4 members (excludes halogenated alkanes) is 5. The van der Waals surface area contributed by atoms with Crippen LogP contribution in [0.15, 0.2) is 103 Å². The first-order chi connectivity index (χ1) is 20.9. The third-order valence-corrected chi connectivity index (χ3v) is 12.0. The monoisotopic (exact) mass is 585 g/mol. The van der Waals surface area contributed by atoms with Crippen LogP contribution in [-0.4, -0.2) is 15.0 Å². The van der Waals surface area contributed by atoms with Gasteiger partial charge in [0.1, 0.15) is 0 Å². The topological polar surface area (TPSA) is 3.24 Å². The Balaban J connectivity index is 1.78. The average Bonchev–Trinajstić information content (AvgIpc) is 3.04. The Morgan fingerprint density at radius 1 is 0.628 bits per heavy atom. The molecular weight excluding hydrogens is 535 g/mol. The van der Waals surface area contributed by atoms with E-state index in [1.54, 1.807) is 0 Å². The van der Waals surface area contributed by atoms with Gasteiger partial charge in [0.15, 0.2) is 0 Å². The fourth-order valence-corrected chi connectivity index (χ4v) is 9.23. The van der Waals surface area contributed by atoms with Crippen LogP contribution in [0.4, 0.5) is 5.69 Å². The Labute approximate surface area is 265 Å². The molecule has 0 aliphatic rings. The van der Waals surface area contributed by atoms with Crippen molar-refractivity contribution in [2.45, 2.75) is 97.8 Å². The minimum absolute atomic E-state index is 0.434. The van der Waals surface area contributed by atoms with Crippen LogP contribution in [0, 0.1) is 0 Å². The van der Waals surface area contributed by atoms with Gasteiger partial charge in [-0.05, 0) is 53.3 Å². The smallest absolute Gasteiger partial charge is 0.246 e. The maximum atomic E-state index is 7.70. The second-order valence-electron chi connectivity index (χ2n) is 12.5. The SMILES string of the molecule is [B-][P+](c1ccccc1)(c1ccccc1)c1ccccc1CN([B]CCCCCCCC)c1c(C(C)C)cccc1C(C)C. The summed E-state index contributed by atoms with van der Waals surface area (Å²) in [6, 6.07) is 37.4. The van der Waals surface area contributed by atoms with Crippen LogP contribution >= 0.6 is 7.14 Å². The van der Waals surface area contributed by atoms with Gasteiger partial charge in [-0.1, -0.05) is 152 Å². The van der Waals surface area contributed by atoms with E-state index in [0.717, 1.165) is 12.9 Å². The molecule has 4 heteroatoms. The van der Waals surface area contributed by atoms with Gasteiger partial charge in [-0.2, -0.15) is 7.14 Å². The molecule has 0 N–H and O–H groups in total. The van der Waals surface area contributed by atoms with Gasteiger partial charge in [-0.25, -0.2) is 0 Å². The molecule has 4 aromatic carbocycles. The summed E-state index contributed by atoms with van der Waals surface area (Å²) in [6.45, 7) is 12.4. The van der Waals surface area contributed by atoms with Crippen molar-refractivity contribution in [1.29, 1.82) is 0 Å². The fourth-order valence-electron chi connectivity index (χ4n) is 6.18. The van der Waals surface area contributed by atoms with Crippen LogP contribution in [-0.2, 0) is 6.54 Å². The van der Waals surface area contributed by atoms with E-state index in [1.807, 2.05) is 0 Å². The molecule has 0 spiro atoms. The number of anilines is 1. The zero-order valence-corrected chi connectivity index (χ0v) is 28.1. The molecule has 0 saturated heterocycles. The van der Waals surface area contributed by atoms with Crippen molar-refractivity contribution in [3.05, 3.63) is 120 Å². The summed E-state index contributed by atoms with van der Waals surface area (Å²) in [4.78, 5) is 2.58. The number of benzene rings is 4. The van der Waals surface area contributed by atoms with Crippen molar-refractivity contribution in [2.75, 3.05) is 4.81 Å². The Morgan fingerprint density at radius 2 is 1.14 bits per heavy atom. The zero-order valence-electron chi connectivity index (χ0n) is 27.2. The zero-order chi connectivity index (χ0) is 30.7. The number of hydrogen-bond acceptors (Lipinski definition) is 1. The highest BCUT2D eigenvalue weighted by molar-refractivity contribution is 8.13. The van der Waals surface area contributed by atoms with Crippen LogP contribution in [0.5, 0.6) is 0 Å². The molecule has 1 nitrogen and oxygen atoms in total. The van der Waals surface area contributed by atoms with E-state index in [1.165, 1.54) is 76.8 Å². The lowest BCUT2D eigenvalue weighted by molar-refractivity contribution is 0.623. The van der Waals surface area contributed by atoms with E-state index < -0.39 is 7.14 Å². The summed E-state index contributed by atoms with van der Waals surface area (Å²) in [5.41, 5.74) is 5.53. The number of hydrogen-bond donors (Lipinski definition) is 0. The third-order valence-electron chi connectivity index (χ3n) is 8.58. The highest BCUT2D eigenvalue weighted by Gasteiger charge is 2.30. The minimum Gasteiger partial charge on any atom is -0.415 e. The lowest BCUT2D eigenvalue weighted by Gasteiger charge is -2.39. The van der Waals surface area contributed by atoms with E-state index in [-0.39, 0.29) is 0 Å². The summed E-state index contributed by atoms with van der Waals surface area (Å²) in [5, 5.41) is 3.68. The van der Waals surface area contributed by atoms with E-state index in [4.69, 9.17) is 7.57 Å². The predicted molar refractivity (Wildman–Crippen MR) is 196 cm³/mol. The first-order valence-corrected chi connectivity index (χ1v) is 18.3. The molecule has 0 unspecified atom stereocenters. The molecule has 0 aromatic heterocycles. The Hall–Kier alpha value is -2.76. The molecule has 4 rings (SSSR count). The average molecular weight is 585 g/mol. The predicted octanol–water partition coefficient (Wildman–Crippen LogP) is 9.72. The molecular formula is C39H50B2NP. The maximum Gasteiger partial charge on any atom is 0.246 e. The summed E-state index contributed by atoms with van der Waals surface area (Å²) >= 11 is 0. The molecule has 0 fully saturated rings. The molecule has 0 aliphatic carbocycles. The lowest BCUT2D eigenvalue weighted by Crippen LogP contribution is -2.36. The normalized spacial score (nSPS) is 11.7. The molecule has 0 bridgehead atoms. The van der Waals surface area contributed by atoms with E-state index in [9.17, 15) is 0 Å². The van der Waals surface area contributed by atoms with Gasteiger partial charge < -0.3 is 4.81 Å². The maximum absolute atomic E-state index is 7.70. The quantitative estimate of drug-likeness (QED) is 0.0719. The van der Waals surface area contributed by atoms with E-state index >= 15 is 0 Å². The Bertz CT molecular complexity index is 1320. The first kappa shape index (κ1) is 33.1. The van der Waals surface area contributed by atoms with Gasteiger partial charge >= 0.3 is 0 Å². The summed E-state index contributed by atoms with van der Waals surface area (Å²) in [6.07, 6.45) is 8.92. The molecule has 4 aromatic rings. The van der Waals surface area contributed by atoms with Gasteiger partial charge in [0, 0.05) is 17.8 Å². The van der Waals surface area contributed by atoms with Crippen molar-refractivity contribution in [2.24, 2.45) is 0 Å². The Kier molecular flexibility index (Phi) is 12.6. The lowest BCUT2D eigenvalue weighted by atomic mass is 9.79. The van der Waals surface area contributed by atoms with Gasteiger partial charge in [-0.3, -0.25) is 7.57 Å². The van der Waals surface area contributed by atoms with Crippen molar-refractivity contribution in [3.8, 4) is 0 Å². The third kappa shape index (κ3) is 8.25. The van der Waals surface area contributed by atoms with Crippen LogP contribution in [0.3, 0.4) is 0 Å². The van der Waals surface area contributed by atoms with Crippen molar-refractivity contribution >= 4 is 43.7 Å². The standard InChI is InChI=1S/C39H50B2NP/c1-6-7-8-9-10-19-29-41-42(39-36(31(2)3)26-20-27-37(39)32(4)5)30-33-21-17-18-28-38(33)43(40,34-22-13-11-14-23-34)35-24-15-12-16-25-35/h11-18,20-28,31-32H,6-10,19,29-30H2,1-5H3. The minimum atomic E-state index is -2.36. The second kappa shape index (κ2) is 16.4. The molecule has 0 heterocycles. The van der Waals surface area contributed by atoms with Gasteiger partial charge in [0.05, 0.1) is 15.9 Å². The van der Waals surface area contributed by atoms with Gasteiger partial charge in [0.25, 0.3) is 0 Å². The second-order valence-corrected chi connectivity index (χ2v) is 15.4. The fraction of sp³-hybridized carbons (Fsp3) is 0.385. The van der Waals surface area contributed by atoms with E-state index in [2.05, 4.69) is 150 Å². The molecule has 43 heavy (non-hydrogen) atoms. The number of rotatable bonds is 16. The molecule has 0 aliphatic heterocycles. The van der Waals surface area contributed by atoms with Gasteiger partial charge in [-0.15, -0.1) is 0 Å². The van der Waals surface area contributed by atoms with Crippen LogP contribution in [0.25, 0.3) is 0 Å². The molecule has 4 radical (unpaired) electrons. The van der Waals surface area contributed by atoms with Crippen LogP contribution < -0.4 is 20.7 Å². The molecule has 0 amide bonds. The van der Waals surface area contributed by atoms with Crippen molar-refractivity contribution < 1.29 is 0 Å². The van der Waals surface area contributed by atoms with Crippen molar-refractivity contribution in [3.63, 3.8) is 0 Å². The van der Waals surface area contributed by atoms with Crippen LogP contribution in [0.2, 0.25) is 6.32 Å². The number of nitrogens with zero attached hydrogens (tertiary/aromatic N) is 1.